The molecule has 0 bridgehead atoms. The fourth-order valence-electron chi connectivity index (χ4n) is 4.12. The lowest BCUT2D eigenvalue weighted by atomic mass is 9.96. The number of amides is 1. The van der Waals surface area contributed by atoms with Crippen LogP contribution in [0, 0.1) is 0 Å². The first-order valence-electron chi connectivity index (χ1n) is 9.43. The van der Waals surface area contributed by atoms with Crippen molar-refractivity contribution >= 4 is 11.9 Å². The SMILES string of the molecule is CCN1C(=O)CC[C@@H]2[C@H]1CCN2Cc1ccc2c(c1)OCO2.O=C(O)C(F)(F)F. The van der Waals surface area contributed by atoms with Gasteiger partial charge in [-0.2, -0.15) is 13.2 Å². The number of piperidine rings is 1. The Hall–Kier alpha value is -2.49. The maximum absolute atomic E-state index is 12.0. The summed E-state index contributed by atoms with van der Waals surface area (Å²) in [6.45, 7) is 5.22. The zero-order valence-electron chi connectivity index (χ0n) is 15.9. The number of likely N-dealkylation sites (tertiary alicyclic amines) is 2. The van der Waals surface area contributed by atoms with Crippen molar-refractivity contribution in [1.29, 1.82) is 0 Å². The van der Waals surface area contributed by atoms with Gasteiger partial charge in [-0.15, -0.1) is 0 Å². The number of fused-ring (bicyclic) bond motifs is 2. The van der Waals surface area contributed by atoms with Crippen LogP contribution >= 0.6 is 0 Å². The van der Waals surface area contributed by atoms with Crippen molar-refractivity contribution in [2.24, 2.45) is 0 Å². The van der Waals surface area contributed by atoms with Crippen LogP contribution in [0.2, 0.25) is 0 Å². The molecular formula is C19H23F3N2O5. The van der Waals surface area contributed by atoms with Crippen molar-refractivity contribution in [2.45, 2.75) is 51.0 Å². The molecule has 0 radical (unpaired) electrons. The van der Waals surface area contributed by atoms with E-state index in [1.807, 2.05) is 6.07 Å². The molecule has 160 valence electrons. The van der Waals surface area contributed by atoms with Gasteiger partial charge in [0, 0.05) is 38.1 Å². The average Bonchev–Trinajstić information content (AvgIpc) is 3.28. The number of rotatable bonds is 3. The highest BCUT2D eigenvalue weighted by Gasteiger charge is 2.42. The number of nitrogens with zero attached hydrogens (tertiary/aromatic N) is 2. The lowest BCUT2D eigenvalue weighted by Crippen LogP contribution is -2.51. The Morgan fingerprint density at radius 2 is 1.90 bits per heavy atom. The number of likely N-dealkylation sites (N-methyl/N-ethyl adjacent to an activating group) is 1. The van der Waals surface area contributed by atoms with Crippen molar-refractivity contribution in [3.63, 3.8) is 0 Å². The Labute approximate surface area is 166 Å². The fourth-order valence-corrected chi connectivity index (χ4v) is 4.12. The van der Waals surface area contributed by atoms with Crippen molar-refractivity contribution in [3.05, 3.63) is 23.8 Å². The summed E-state index contributed by atoms with van der Waals surface area (Å²) in [6, 6.07) is 7.10. The van der Waals surface area contributed by atoms with Crippen LogP contribution in [-0.4, -0.2) is 64.9 Å². The van der Waals surface area contributed by atoms with Crippen LogP contribution in [0.3, 0.4) is 0 Å². The molecule has 0 unspecified atom stereocenters. The summed E-state index contributed by atoms with van der Waals surface area (Å²) in [4.78, 5) is 25.5. The predicted octanol–water partition coefficient (Wildman–Crippen LogP) is 2.63. The summed E-state index contributed by atoms with van der Waals surface area (Å²) in [5.41, 5.74) is 1.25. The van der Waals surface area contributed by atoms with Crippen molar-refractivity contribution in [1.82, 2.24) is 9.80 Å². The molecule has 4 rings (SSSR count). The van der Waals surface area contributed by atoms with Gasteiger partial charge >= 0.3 is 12.1 Å². The van der Waals surface area contributed by atoms with Crippen molar-refractivity contribution in [2.75, 3.05) is 19.9 Å². The number of benzene rings is 1. The number of carboxylic acids is 1. The molecule has 1 aromatic rings. The van der Waals surface area contributed by atoms with Crippen LogP contribution in [0.5, 0.6) is 11.5 Å². The molecule has 1 aromatic carbocycles. The van der Waals surface area contributed by atoms with Crippen LogP contribution in [0.1, 0.15) is 31.7 Å². The molecule has 0 aromatic heterocycles. The third kappa shape index (κ3) is 4.75. The highest BCUT2D eigenvalue weighted by Crippen LogP contribution is 2.35. The van der Waals surface area contributed by atoms with Gasteiger partial charge in [0.2, 0.25) is 12.7 Å². The van der Waals surface area contributed by atoms with E-state index in [2.05, 4.69) is 28.9 Å². The van der Waals surface area contributed by atoms with Gasteiger partial charge in [-0.1, -0.05) is 6.07 Å². The number of halogens is 3. The molecule has 0 saturated carbocycles. The second-order valence-corrected chi connectivity index (χ2v) is 7.10. The van der Waals surface area contributed by atoms with Gasteiger partial charge in [0.25, 0.3) is 0 Å². The molecule has 2 atom stereocenters. The zero-order chi connectivity index (χ0) is 21.2. The molecule has 10 heteroatoms. The number of carboxylic acid groups (broad SMARTS) is 1. The summed E-state index contributed by atoms with van der Waals surface area (Å²) >= 11 is 0. The molecule has 7 nitrogen and oxygen atoms in total. The van der Waals surface area contributed by atoms with Crippen LogP contribution in [-0.2, 0) is 16.1 Å². The van der Waals surface area contributed by atoms with Crippen LogP contribution in [0.4, 0.5) is 13.2 Å². The van der Waals surface area contributed by atoms with E-state index in [-0.39, 0.29) is 0 Å². The lowest BCUT2D eigenvalue weighted by molar-refractivity contribution is -0.192. The normalized spacial score (nSPS) is 23.4. The third-order valence-corrected chi connectivity index (χ3v) is 5.41. The number of carbonyl (C=O) groups excluding carboxylic acids is 1. The van der Waals surface area contributed by atoms with Gasteiger partial charge < -0.3 is 19.5 Å². The number of alkyl halides is 3. The first-order chi connectivity index (χ1) is 13.7. The Morgan fingerprint density at radius 3 is 2.55 bits per heavy atom. The summed E-state index contributed by atoms with van der Waals surface area (Å²) in [5.74, 6) is -0.744. The highest BCUT2D eigenvalue weighted by atomic mass is 19.4. The predicted molar refractivity (Wildman–Crippen MR) is 95.5 cm³/mol. The Kier molecular flexibility index (Phi) is 6.21. The largest absolute Gasteiger partial charge is 0.490 e. The molecule has 2 fully saturated rings. The molecule has 29 heavy (non-hydrogen) atoms. The van der Waals surface area contributed by atoms with Crippen molar-refractivity contribution in [3.8, 4) is 11.5 Å². The Bertz CT molecular complexity index is 771. The highest BCUT2D eigenvalue weighted by molar-refractivity contribution is 5.77. The van der Waals surface area contributed by atoms with E-state index < -0.39 is 12.1 Å². The molecule has 3 aliphatic heterocycles. The van der Waals surface area contributed by atoms with Gasteiger partial charge in [-0.05, 0) is 37.5 Å². The molecule has 0 aliphatic carbocycles. The van der Waals surface area contributed by atoms with E-state index in [0.717, 1.165) is 44.0 Å². The number of hydrogen-bond donors (Lipinski definition) is 1. The first kappa shape index (κ1) is 21.2. The fraction of sp³-hybridized carbons (Fsp3) is 0.579. The summed E-state index contributed by atoms with van der Waals surface area (Å²) in [6.07, 6.45) is -2.31. The Balaban J connectivity index is 0.000000298. The van der Waals surface area contributed by atoms with Crippen LogP contribution < -0.4 is 9.47 Å². The maximum Gasteiger partial charge on any atom is 0.490 e. The zero-order valence-corrected chi connectivity index (χ0v) is 15.9. The molecule has 0 spiro atoms. The average molecular weight is 416 g/mol. The molecule has 3 heterocycles. The molecule has 1 amide bonds. The minimum absolute atomic E-state index is 0.320. The number of hydrogen-bond acceptors (Lipinski definition) is 5. The topological polar surface area (TPSA) is 79.3 Å². The molecule has 2 saturated heterocycles. The third-order valence-electron chi connectivity index (χ3n) is 5.41. The second-order valence-electron chi connectivity index (χ2n) is 7.10. The number of aliphatic carboxylic acids is 1. The molecule has 1 N–H and O–H groups in total. The van der Waals surface area contributed by atoms with Crippen molar-refractivity contribution < 1.29 is 37.3 Å². The van der Waals surface area contributed by atoms with Gasteiger partial charge in [0.15, 0.2) is 11.5 Å². The second kappa shape index (κ2) is 8.48. The van der Waals surface area contributed by atoms with E-state index in [9.17, 15) is 18.0 Å². The summed E-state index contributed by atoms with van der Waals surface area (Å²) in [5, 5.41) is 7.12. The monoisotopic (exact) mass is 416 g/mol. The van der Waals surface area contributed by atoms with Gasteiger partial charge in [0.1, 0.15) is 0 Å². The van der Waals surface area contributed by atoms with E-state index >= 15 is 0 Å². The smallest absolute Gasteiger partial charge is 0.475 e. The lowest BCUT2D eigenvalue weighted by Gasteiger charge is -2.39. The van der Waals surface area contributed by atoms with Crippen LogP contribution in [0.25, 0.3) is 0 Å². The maximum atomic E-state index is 12.0. The number of carbonyl (C=O) groups is 2. The minimum atomic E-state index is -5.08. The van der Waals surface area contributed by atoms with Gasteiger partial charge in [0.05, 0.1) is 0 Å². The Morgan fingerprint density at radius 1 is 1.21 bits per heavy atom. The standard InChI is InChI=1S/C17H22N2O3.C2HF3O2/c1-2-19-14-7-8-18(13(14)4-6-17(19)20)10-12-3-5-15-16(9-12)22-11-21-15;3-2(4,5)1(6)7/h3,5,9,13-14H,2,4,6-8,10-11H2,1H3;(H,6,7)/t13-,14-;/m1./s1. The summed E-state index contributed by atoms with van der Waals surface area (Å²) < 4.78 is 42.6. The molecule has 3 aliphatic rings. The van der Waals surface area contributed by atoms with Crippen LogP contribution in [0.15, 0.2) is 18.2 Å². The quantitative estimate of drug-likeness (QED) is 0.816. The van der Waals surface area contributed by atoms with E-state index in [4.69, 9.17) is 19.4 Å². The van der Waals surface area contributed by atoms with E-state index in [0.29, 0.717) is 31.2 Å². The minimum Gasteiger partial charge on any atom is -0.475 e. The number of ether oxygens (including phenoxy) is 2. The first-order valence-corrected chi connectivity index (χ1v) is 9.43. The van der Waals surface area contributed by atoms with E-state index in [1.54, 1.807) is 0 Å². The van der Waals surface area contributed by atoms with Gasteiger partial charge in [-0.25, -0.2) is 4.79 Å². The van der Waals surface area contributed by atoms with E-state index in [1.165, 1.54) is 5.56 Å². The molecular weight excluding hydrogens is 393 g/mol. The summed E-state index contributed by atoms with van der Waals surface area (Å²) in [7, 11) is 0. The van der Waals surface area contributed by atoms with Gasteiger partial charge in [-0.3, -0.25) is 9.69 Å².